The van der Waals surface area contributed by atoms with Crippen LogP contribution in [0.2, 0.25) is 0 Å². The smallest absolute Gasteiger partial charge is 0.416 e. The maximum atomic E-state index is 13.0. The summed E-state index contributed by atoms with van der Waals surface area (Å²) in [4.78, 5) is 22.7. The number of amides is 1. The van der Waals surface area contributed by atoms with E-state index < -0.39 is 22.4 Å². The number of methoxy groups -OCH3 is 1. The number of aryl methyl sites for hydroxylation is 1. The number of carbonyl (C=O) groups is 1. The highest BCUT2D eigenvalue weighted by molar-refractivity contribution is 5.95. The van der Waals surface area contributed by atoms with Gasteiger partial charge in [-0.1, -0.05) is 0 Å². The third-order valence-electron chi connectivity index (χ3n) is 6.00. The van der Waals surface area contributed by atoms with Gasteiger partial charge < -0.3 is 14.0 Å². The Hall–Kier alpha value is -5.13. The molecular weight excluding hydrogens is 529 g/mol. The zero-order valence-corrected chi connectivity index (χ0v) is 21.5. The van der Waals surface area contributed by atoms with Crippen LogP contribution in [0.15, 0.2) is 77.9 Å². The molecule has 12 heteroatoms. The van der Waals surface area contributed by atoms with E-state index in [1.165, 1.54) is 13.3 Å². The van der Waals surface area contributed by atoms with Crippen molar-refractivity contribution < 1.29 is 32.4 Å². The number of rotatable bonds is 8. The van der Waals surface area contributed by atoms with Gasteiger partial charge in [-0.3, -0.25) is 14.9 Å². The summed E-state index contributed by atoms with van der Waals surface area (Å²) < 4.78 is 51.4. The summed E-state index contributed by atoms with van der Waals surface area (Å²) in [5.74, 6) is 0.149. The lowest BCUT2D eigenvalue weighted by atomic mass is 10.2. The molecule has 0 radical (unpaired) electrons. The van der Waals surface area contributed by atoms with Crippen molar-refractivity contribution in [1.29, 1.82) is 0 Å². The van der Waals surface area contributed by atoms with Crippen molar-refractivity contribution >= 4 is 17.8 Å². The van der Waals surface area contributed by atoms with Crippen LogP contribution < -0.4 is 14.9 Å². The summed E-state index contributed by atoms with van der Waals surface area (Å²) in [7, 11) is 1.54. The molecular formula is C28H23F3N4O5. The molecule has 4 aromatic rings. The molecule has 0 atom stereocenters. The number of benzene rings is 3. The van der Waals surface area contributed by atoms with E-state index in [0.29, 0.717) is 17.4 Å². The van der Waals surface area contributed by atoms with Crippen LogP contribution in [0, 0.1) is 24.0 Å². The highest BCUT2D eigenvalue weighted by Gasteiger charge is 2.33. The lowest BCUT2D eigenvalue weighted by Gasteiger charge is -2.12. The fourth-order valence-electron chi connectivity index (χ4n) is 4.00. The summed E-state index contributed by atoms with van der Waals surface area (Å²) in [5, 5.41) is 15.4. The maximum Gasteiger partial charge on any atom is 0.416 e. The van der Waals surface area contributed by atoms with E-state index in [1.807, 2.05) is 24.5 Å². The normalized spacial score (nSPS) is 11.4. The molecule has 0 aliphatic rings. The predicted octanol–water partition coefficient (Wildman–Crippen LogP) is 6.59. The number of nitrogens with zero attached hydrogens (tertiary/aromatic N) is 3. The quantitative estimate of drug-likeness (QED) is 0.151. The van der Waals surface area contributed by atoms with Gasteiger partial charge in [0.15, 0.2) is 0 Å². The number of hydrogen-bond donors (Lipinski definition) is 1. The molecule has 3 aromatic carbocycles. The molecule has 0 spiro atoms. The predicted molar refractivity (Wildman–Crippen MR) is 141 cm³/mol. The number of nitrogens with one attached hydrogen (secondary N) is 1. The number of nitro benzene ring substituents is 1. The van der Waals surface area contributed by atoms with Gasteiger partial charge in [0.1, 0.15) is 11.5 Å². The number of nitro groups is 1. The minimum atomic E-state index is -4.72. The van der Waals surface area contributed by atoms with Gasteiger partial charge in [0.2, 0.25) is 5.75 Å². The molecule has 4 rings (SSSR count). The number of carbonyl (C=O) groups excluding carboxylic acids is 1. The molecule has 0 unspecified atom stereocenters. The number of hydrazone groups is 1. The summed E-state index contributed by atoms with van der Waals surface area (Å²) in [6, 6.07) is 17.1. The summed E-state index contributed by atoms with van der Waals surface area (Å²) in [5.41, 5.74) is 4.17. The first-order chi connectivity index (χ1) is 19.0. The van der Waals surface area contributed by atoms with E-state index in [2.05, 4.69) is 10.5 Å². The first-order valence-corrected chi connectivity index (χ1v) is 11.8. The van der Waals surface area contributed by atoms with Gasteiger partial charge in [-0.2, -0.15) is 18.3 Å². The number of alkyl halides is 3. The van der Waals surface area contributed by atoms with E-state index in [4.69, 9.17) is 9.47 Å². The van der Waals surface area contributed by atoms with Crippen LogP contribution in [0.5, 0.6) is 17.2 Å². The minimum absolute atomic E-state index is 0.206. The second-order valence-corrected chi connectivity index (χ2v) is 8.62. The fraction of sp³-hybridized carbons (Fsp3) is 0.143. The van der Waals surface area contributed by atoms with Gasteiger partial charge in [0.25, 0.3) is 5.91 Å². The number of ether oxygens (including phenoxy) is 2. The number of halogens is 3. The maximum absolute atomic E-state index is 13.0. The molecule has 0 aliphatic heterocycles. The minimum Gasteiger partial charge on any atom is -0.497 e. The molecule has 0 bridgehead atoms. The Balaban J connectivity index is 1.49. The largest absolute Gasteiger partial charge is 0.497 e. The molecule has 0 fully saturated rings. The van der Waals surface area contributed by atoms with Gasteiger partial charge in [0, 0.05) is 34.3 Å². The Labute approximate surface area is 226 Å². The summed E-state index contributed by atoms with van der Waals surface area (Å²) in [6.45, 7) is 3.76. The zero-order chi connectivity index (χ0) is 29.0. The highest BCUT2D eigenvalue weighted by atomic mass is 19.4. The molecule has 40 heavy (non-hydrogen) atoms. The fourth-order valence-corrected chi connectivity index (χ4v) is 4.00. The molecule has 1 amide bonds. The lowest BCUT2D eigenvalue weighted by Crippen LogP contribution is -2.17. The van der Waals surface area contributed by atoms with E-state index in [0.717, 1.165) is 34.8 Å². The highest BCUT2D eigenvalue weighted by Crippen LogP contribution is 2.38. The molecule has 0 saturated carbocycles. The number of hydrogen-bond acceptors (Lipinski definition) is 6. The SMILES string of the molecule is COc1ccc(C(=O)N/N=C\c2cc(C)n(-c3ccc(Oc4ccc(C(F)(F)F)cc4[N+](=O)[O-])cc3)c2C)cc1. The van der Waals surface area contributed by atoms with E-state index in [9.17, 15) is 28.1 Å². The lowest BCUT2D eigenvalue weighted by molar-refractivity contribution is -0.385. The average Bonchev–Trinajstić information content (AvgIpc) is 3.21. The van der Waals surface area contributed by atoms with Crippen molar-refractivity contribution in [3.05, 3.63) is 111 Å². The van der Waals surface area contributed by atoms with Gasteiger partial charge in [0.05, 0.1) is 23.8 Å². The van der Waals surface area contributed by atoms with Crippen LogP contribution in [0.3, 0.4) is 0 Å². The van der Waals surface area contributed by atoms with Crippen molar-refractivity contribution in [1.82, 2.24) is 9.99 Å². The van der Waals surface area contributed by atoms with Crippen LogP contribution >= 0.6 is 0 Å². The van der Waals surface area contributed by atoms with Crippen molar-refractivity contribution in [2.45, 2.75) is 20.0 Å². The zero-order valence-electron chi connectivity index (χ0n) is 21.5. The van der Waals surface area contributed by atoms with Crippen LogP contribution in [-0.4, -0.2) is 28.7 Å². The van der Waals surface area contributed by atoms with Gasteiger partial charge in [-0.25, -0.2) is 5.43 Å². The first kappa shape index (κ1) is 27.9. The Morgan fingerprint density at radius 1 is 1.00 bits per heavy atom. The van der Waals surface area contributed by atoms with Crippen molar-refractivity contribution in [3.63, 3.8) is 0 Å². The molecule has 0 aliphatic carbocycles. The Kier molecular flexibility index (Phi) is 7.89. The Bertz CT molecular complexity index is 1580. The van der Waals surface area contributed by atoms with Crippen LogP contribution in [0.4, 0.5) is 18.9 Å². The molecule has 0 saturated heterocycles. The van der Waals surface area contributed by atoms with Crippen molar-refractivity contribution in [2.24, 2.45) is 5.10 Å². The third-order valence-corrected chi connectivity index (χ3v) is 6.00. The van der Waals surface area contributed by atoms with Gasteiger partial charge in [-0.05, 0) is 80.6 Å². The molecule has 206 valence electrons. The molecule has 1 N–H and O–H groups in total. The van der Waals surface area contributed by atoms with E-state index in [1.54, 1.807) is 48.5 Å². The van der Waals surface area contributed by atoms with E-state index in [-0.39, 0.29) is 17.4 Å². The Morgan fingerprint density at radius 2 is 1.65 bits per heavy atom. The summed E-state index contributed by atoms with van der Waals surface area (Å²) >= 11 is 0. The Morgan fingerprint density at radius 3 is 2.25 bits per heavy atom. The van der Waals surface area contributed by atoms with Gasteiger partial charge >= 0.3 is 11.9 Å². The monoisotopic (exact) mass is 552 g/mol. The number of aromatic nitrogens is 1. The van der Waals surface area contributed by atoms with Crippen molar-refractivity contribution in [2.75, 3.05) is 7.11 Å². The van der Waals surface area contributed by atoms with Crippen LogP contribution in [0.1, 0.15) is 32.9 Å². The summed E-state index contributed by atoms with van der Waals surface area (Å²) in [6.07, 6.45) is -3.19. The van der Waals surface area contributed by atoms with Crippen molar-refractivity contribution in [3.8, 4) is 22.9 Å². The standard InChI is InChI=1S/C28H23F3N4O5/c1-17-14-20(16-32-33-27(36)19-4-9-23(39-3)10-5-19)18(2)34(17)22-7-11-24(12-8-22)40-26-13-6-21(28(29,30)31)15-25(26)35(37)38/h4-16H,1-3H3,(H,33,36)/b32-16-. The van der Waals surface area contributed by atoms with Gasteiger partial charge in [-0.15, -0.1) is 0 Å². The molecule has 9 nitrogen and oxygen atoms in total. The van der Waals surface area contributed by atoms with Crippen LogP contribution in [0.25, 0.3) is 5.69 Å². The second-order valence-electron chi connectivity index (χ2n) is 8.62. The first-order valence-electron chi connectivity index (χ1n) is 11.8. The third kappa shape index (κ3) is 6.12. The van der Waals surface area contributed by atoms with Crippen LogP contribution in [-0.2, 0) is 6.18 Å². The second kappa shape index (κ2) is 11.3. The average molecular weight is 553 g/mol. The molecule has 1 heterocycles. The molecule has 1 aromatic heterocycles. The topological polar surface area (TPSA) is 108 Å². The van der Waals surface area contributed by atoms with E-state index >= 15 is 0 Å².